The normalized spacial score (nSPS) is 15.8. The van der Waals surface area contributed by atoms with Crippen LogP contribution < -0.4 is 10.2 Å². The van der Waals surface area contributed by atoms with Crippen LogP contribution in [0.3, 0.4) is 0 Å². The Kier molecular flexibility index (Phi) is 6.15. The molecule has 0 saturated carbocycles. The number of rotatable bonds is 5. The Morgan fingerprint density at radius 2 is 1.53 bits per heavy atom. The first kappa shape index (κ1) is 21.8. The van der Waals surface area contributed by atoms with E-state index >= 15 is 0 Å². The summed E-state index contributed by atoms with van der Waals surface area (Å²) in [6.45, 7) is 5.79. The Morgan fingerprint density at radius 1 is 0.906 bits per heavy atom. The van der Waals surface area contributed by atoms with Gasteiger partial charge in [-0.3, -0.25) is 14.4 Å². The number of hydrogen-bond acceptors (Lipinski definition) is 4. The Morgan fingerprint density at radius 3 is 2.16 bits per heavy atom. The van der Waals surface area contributed by atoms with Crippen LogP contribution in [0.5, 0.6) is 0 Å². The van der Waals surface area contributed by atoms with Gasteiger partial charge in [-0.1, -0.05) is 35.9 Å². The summed E-state index contributed by atoms with van der Waals surface area (Å²) in [4.78, 5) is 40.3. The first-order valence-corrected chi connectivity index (χ1v) is 11.3. The van der Waals surface area contributed by atoms with E-state index in [9.17, 15) is 14.4 Å². The van der Waals surface area contributed by atoms with Crippen molar-refractivity contribution in [2.45, 2.75) is 37.3 Å². The fourth-order valence-corrected chi connectivity index (χ4v) is 4.83. The maximum atomic E-state index is 13.0. The summed E-state index contributed by atoms with van der Waals surface area (Å²) in [5, 5.41) is 2.41. The zero-order valence-corrected chi connectivity index (χ0v) is 19.0. The molecule has 3 amide bonds. The zero-order chi connectivity index (χ0) is 22.8. The molecule has 32 heavy (non-hydrogen) atoms. The third-order valence-electron chi connectivity index (χ3n) is 5.47. The van der Waals surface area contributed by atoms with Crippen LogP contribution in [-0.2, 0) is 9.59 Å². The van der Waals surface area contributed by atoms with Gasteiger partial charge in [-0.15, -0.1) is 11.8 Å². The molecule has 1 aliphatic heterocycles. The second-order valence-corrected chi connectivity index (χ2v) is 9.24. The standard InChI is InChI=1S/C26H24N2O3S/c1-16-7-9-19(10-8-16)25(30)27-20-11-13-21(14-12-20)32-22-15-23(29)28(26(22)31)24-17(2)5-4-6-18(24)3/h4-14,22H,15H2,1-3H3,(H,27,30). The lowest BCUT2D eigenvalue weighted by atomic mass is 10.1. The maximum absolute atomic E-state index is 13.0. The van der Waals surface area contributed by atoms with Crippen molar-refractivity contribution < 1.29 is 14.4 Å². The van der Waals surface area contributed by atoms with Gasteiger partial charge >= 0.3 is 0 Å². The van der Waals surface area contributed by atoms with Gasteiger partial charge < -0.3 is 5.32 Å². The van der Waals surface area contributed by atoms with Crippen LogP contribution in [0.25, 0.3) is 0 Å². The lowest BCUT2D eigenvalue weighted by molar-refractivity contribution is -0.121. The van der Waals surface area contributed by atoms with Crippen molar-refractivity contribution in [3.8, 4) is 0 Å². The number of amides is 3. The molecule has 0 aromatic heterocycles. The van der Waals surface area contributed by atoms with E-state index in [1.54, 1.807) is 24.3 Å². The van der Waals surface area contributed by atoms with Crippen LogP contribution in [0.1, 0.15) is 33.5 Å². The number of carbonyl (C=O) groups excluding carboxylic acids is 3. The van der Waals surface area contributed by atoms with Crippen LogP contribution in [-0.4, -0.2) is 23.0 Å². The lowest BCUT2D eigenvalue weighted by Crippen LogP contribution is -2.32. The number of thioether (sulfide) groups is 1. The van der Waals surface area contributed by atoms with Crippen LogP contribution in [0, 0.1) is 20.8 Å². The molecule has 6 heteroatoms. The van der Waals surface area contributed by atoms with Gasteiger partial charge in [0.2, 0.25) is 11.8 Å². The molecule has 3 aromatic rings. The molecule has 0 aliphatic carbocycles. The molecule has 0 spiro atoms. The number of carbonyl (C=O) groups is 3. The third kappa shape index (κ3) is 4.46. The Hall–Kier alpha value is -3.38. The third-order valence-corrected chi connectivity index (χ3v) is 6.67. The fraction of sp³-hybridized carbons (Fsp3) is 0.192. The summed E-state index contributed by atoms with van der Waals surface area (Å²) in [5.41, 5.74) is 4.87. The smallest absolute Gasteiger partial charge is 0.255 e. The van der Waals surface area contributed by atoms with E-state index < -0.39 is 5.25 Å². The number of aryl methyl sites for hydroxylation is 3. The molecular weight excluding hydrogens is 420 g/mol. The minimum atomic E-state index is -0.463. The highest BCUT2D eigenvalue weighted by atomic mass is 32.2. The van der Waals surface area contributed by atoms with Crippen LogP contribution in [0.2, 0.25) is 0 Å². The maximum Gasteiger partial charge on any atom is 0.255 e. The molecule has 1 saturated heterocycles. The molecule has 1 atom stereocenters. The number of benzene rings is 3. The minimum Gasteiger partial charge on any atom is -0.322 e. The van der Waals surface area contributed by atoms with Gasteiger partial charge in [-0.2, -0.15) is 0 Å². The SMILES string of the molecule is Cc1ccc(C(=O)Nc2ccc(SC3CC(=O)N(c4c(C)cccc4C)C3=O)cc2)cc1. The van der Waals surface area contributed by atoms with Gasteiger partial charge in [0.1, 0.15) is 0 Å². The quantitative estimate of drug-likeness (QED) is 0.543. The predicted octanol–water partition coefficient (Wildman–Crippen LogP) is 5.29. The second-order valence-electron chi connectivity index (χ2n) is 7.96. The van der Waals surface area contributed by atoms with Crippen molar-refractivity contribution in [1.82, 2.24) is 0 Å². The molecule has 1 aliphatic rings. The zero-order valence-electron chi connectivity index (χ0n) is 18.2. The number of nitrogens with zero attached hydrogens (tertiary/aromatic N) is 1. The van der Waals surface area contributed by atoms with Gasteiger partial charge in [-0.05, 0) is 68.3 Å². The number of hydrogen-bond donors (Lipinski definition) is 1. The van der Waals surface area contributed by atoms with Gasteiger partial charge in [-0.25, -0.2) is 4.90 Å². The number of imide groups is 1. The van der Waals surface area contributed by atoms with Crippen molar-refractivity contribution in [1.29, 1.82) is 0 Å². The van der Waals surface area contributed by atoms with E-state index in [-0.39, 0.29) is 24.1 Å². The Balaban J connectivity index is 1.43. The fourth-order valence-electron chi connectivity index (χ4n) is 3.78. The summed E-state index contributed by atoms with van der Waals surface area (Å²) < 4.78 is 0. The van der Waals surface area contributed by atoms with Gasteiger partial charge in [0.05, 0.1) is 10.9 Å². The highest BCUT2D eigenvalue weighted by molar-refractivity contribution is 8.00. The van der Waals surface area contributed by atoms with E-state index in [1.807, 2.05) is 63.2 Å². The summed E-state index contributed by atoms with van der Waals surface area (Å²) in [6.07, 6.45) is 0.170. The second kappa shape index (κ2) is 9.01. The molecule has 162 valence electrons. The monoisotopic (exact) mass is 444 g/mol. The highest BCUT2D eigenvalue weighted by Crippen LogP contribution is 2.36. The van der Waals surface area contributed by atoms with Crippen molar-refractivity contribution in [3.05, 3.63) is 89.0 Å². The first-order chi connectivity index (χ1) is 15.3. The van der Waals surface area contributed by atoms with Crippen LogP contribution in [0.15, 0.2) is 71.6 Å². The molecule has 1 heterocycles. The van der Waals surface area contributed by atoms with Crippen molar-refractivity contribution in [2.75, 3.05) is 10.2 Å². The number of anilines is 2. The van der Waals surface area contributed by atoms with Gasteiger partial charge in [0, 0.05) is 22.6 Å². The summed E-state index contributed by atoms with van der Waals surface area (Å²) >= 11 is 1.37. The molecule has 1 N–H and O–H groups in total. The first-order valence-electron chi connectivity index (χ1n) is 10.4. The van der Waals surface area contributed by atoms with E-state index in [0.29, 0.717) is 16.9 Å². The van der Waals surface area contributed by atoms with Gasteiger partial charge in [0.15, 0.2) is 0 Å². The molecule has 0 bridgehead atoms. The summed E-state index contributed by atoms with van der Waals surface area (Å²) in [5.74, 6) is -0.535. The molecule has 3 aromatic carbocycles. The van der Waals surface area contributed by atoms with Gasteiger partial charge in [0.25, 0.3) is 5.91 Å². The van der Waals surface area contributed by atoms with E-state index in [1.165, 1.54) is 16.7 Å². The molecular formula is C26H24N2O3S. The molecule has 1 fully saturated rings. The Bertz CT molecular complexity index is 1170. The summed E-state index contributed by atoms with van der Waals surface area (Å²) in [6, 6.07) is 20.4. The highest BCUT2D eigenvalue weighted by Gasteiger charge is 2.41. The molecule has 4 rings (SSSR count). The summed E-state index contributed by atoms with van der Waals surface area (Å²) in [7, 11) is 0. The van der Waals surface area contributed by atoms with E-state index in [4.69, 9.17) is 0 Å². The minimum absolute atomic E-state index is 0.170. The average Bonchev–Trinajstić information content (AvgIpc) is 3.03. The van der Waals surface area contributed by atoms with Crippen molar-refractivity contribution >= 4 is 40.9 Å². The molecule has 0 radical (unpaired) electrons. The number of nitrogens with one attached hydrogen (secondary N) is 1. The molecule has 1 unspecified atom stereocenters. The lowest BCUT2D eigenvalue weighted by Gasteiger charge is -2.19. The van der Waals surface area contributed by atoms with E-state index in [2.05, 4.69) is 5.32 Å². The topological polar surface area (TPSA) is 66.5 Å². The molecule has 5 nitrogen and oxygen atoms in total. The van der Waals surface area contributed by atoms with Crippen LogP contribution in [0.4, 0.5) is 11.4 Å². The average molecular weight is 445 g/mol. The van der Waals surface area contributed by atoms with Crippen LogP contribution >= 0.6 is 11.8 Å². The predicted molar refractivity (Wildman–Crippen MR) is 128 cm³/mol. The van der Waals surface area contributed by atoms with Crippen molar-refractivity contribution in [2.24, 2.45) is 0 Å². The Labute approximate surface area is 191 Å². The largest absolute Gasteiger partial charge is 0.322 e. The number of para-hydroxylation sites is 1. The van der Waals surface area contributed by atoms with Crippen molar-refractivity contribution in [3.63, 3.8) is 0 Å². The van der Waals surface area contributed by atoms with E-state index in [0.717, 1.165) is 21.6 Å².